The highest BCUT2D eigenvalue weighted by Crippen LogP contribution is 2.31. The van der Waals surface area contributed by atoms with Crippen molar-refractivity contribution in [2.75, 3.05) is 12.0 Å². The summed E-state index contributed by atoms with van der Waals surface area (Å²) in [6.45, 7) is 0. The van der Waals surface area contributed by atoms with Crippen LogP contribution in [0.25, 0.3) is 22.3 Å². The van der Waals surface area contributed by atoms with Gasteiger partial charge in [0.1, 0.15) is 6.04 Å². The van der Waals surface area contributed by atoms with Crippen molar-refractivity contribution in [3.8, 4) is 22.3 Å². The van der Waals surface area contributed by atoms with E-state index in [4.69, 9.17) is 11.6 Å². The first-order chi connectivity index (χ1) is 14.5. The Morgan fingerprint density at radius 1 is 0.967 bits per heavy atom. The Labute approximate surface area is 185 Å². The third-order valence-corrected chi connectivity index (χ3v) is 5.72. The Kier molecular flexibility index (Phi) is 7.55. The number of carbonyl (C=O) groups is 2. The topological polar surface area (TPSA) is 66.4 Å². The van der Waals surface area contributed by atoms with Crippen LogP contribution < -0.4 is 5.32 Å². The van der Waals surface area contributed by atoms with Gasteiger partial charge in [0.05, 0.1) is 0 Å². The Balaban J connectivity index is 1.83. The van der Waals surface area contributed by atoms with Crippen molar-refractivity contribution in [3.05, 3.63) is 83.4 Å². The molecule has 30 heavy (non-hydrogen) atoms. The molecule has 154 valence electrons. The van der Waals surface area contributed by atoms with Crippen molar-refractivity contribution in [2.45, 2.75) is 12.5 Å². The van der Waals surface area contributed by atoms with Crippen LogP contribution in [0.15, 0.2) is 72.8 Å². The number of amides is 1. The minimum atomic E-state index is -1.04. The number of carboxylic acids is 1. The lowest BCUT2D eigenvalue weighted by molar-refractivity contribution is -0.139. The number of rotatable bonds is 8. The van der Waals surface area contributed by atoms with E-state index in [-0.39, 0.29) is 0 Å². The molecule has 0 spiro atoms. The Morgan fingerprint density at radius 3 is 2.23 bits per heavy atom. The fourth-order valence-electron chi connectivity index (χ4n) is 3.10. The van der Waals surface area contributed by atoms with E-state index in [1.165, 1.54) is 11.8 Å². The molecule has 1 atom stereocenters. The Bertz CT molecular complexity index is 1020. The van der Waals surface area contributed by atoms with E-state index in [0.717, 1.165) is 22.3 Å². The second-order valence-corrected chi connectivity index (χ2v) is 8.18. The van der Waals surface area contributed by atoms with Crippen LogP contribution in [0.5, 0.6) is 0 Å². The number of benzene rings is 3. The molecule has 0 aromatic heterocycles. The standard InChI is InChI=1S/C24H22ClNO3S/c1-30-14-13-22(24(28)29)26-23(27)19-11-12-21(25)20(15-19)18-9-7-17(8-10-18)16-5-3-2-4-6-16/h2-12,15,22H,13-14H2,1H3,(H,26,27)(H,28,29)/t22-/m0/s1. The maximum absolute atomic E-state index is 12.6. The van der Waals surface area contributed by atoms with Crippen LogP contribution >= 0.6 is 23.4 Å². The van der Waals surface area contributed by atoms with Crippen LogP contribution in [0.2, 0.25) is 5.02 Å². The molecule has 3 rings (SSSR count). The van der Waals surface area contributed by atoms with Crippen LogP contribution in [-0.4, -0.2) is 35.0 Å². The van der Waals surface area contributed by atoms with Crippen molar-refractivity contribution in [1.29, 1.82) is 0 Å². The van der Waals surface area contributed by atoms with Gasteiger partial charge in [-0.3, -0.25) is 4.79 Å². The van der Waals surface area contributed by atoms with Gasteiger partial charge in [-0.1, -0.05) is 66.2 Å². The molecule has 0 unspecified atom stereocenters. The Morgan fingerprint density at radius 2 is 1.60 bits per heavy atom. The lowest BCUT2D eigenvalue weighted by Gasteiger charge is -2.15. The Hall–Kier alpha value is -2.76. The molecule has 2 N–H and O–H groups in total. The maximum atomic E-state index is 12.6. The highest BCUT2D eigenvalue weighted by Gasteiger charge is 2.20. The SMILES string of the molecule is CSCC[C@H](NC(=O)c1ccc(Cl)c(-c2ccc(-c3ccccc3)cc2)c1)C(=O)O. The number of halogens is 1. The normalized spacial score (nSPS) is 11.7. The van der Waals surface area contributed by atoms with E-state index in [2.05, 4.69) is 5.32 Å². The zero-order valence-corrected chi connectivity index (χ0v) is 18.0. The predicted octanol–water partition coefficient (Wildman–Crippen LogP) is 5.61. The number of aliphatic carboxylic acids is 1. The summed E-state index contributed by atoms with van der Waals surface area (Å²) in [7, 11) is 0. The molecule has 3 aromatic rings. The zero-order chi connectivity index (χ0) is 21.5. The van der Waals surface area contributed by atoms with Gasteiger partial charge in [-0.15, -0.1) is 0 Å². The third-order valence-electron chi connectivity index (χ3n) is 4.75. The smallest absolute Gasteiger partial charge is 0.326 e. The van der Waals surface area contributed by atoms with Gasteiger partial charge in [-0.25, -0.2) is 4.79 Å². The van der Waals surface area contributed by atoms with E-state index in [0.29, 0.717) is 22.8 Å². The predicted molar refractivity (Wildman–Crippen MR) is 124 cm³/mol. The second kappa shape index (κ2) is 10.3. The quantitative estimate of drug-likeness (QED) is 0.478. The molecule has 0 heterocycles. The lowest BCUT2D eigenvalue weighted by Crippen LogP contribution is -2.41. The first-order valence-corrected chi connectivity index (χ1v) is 11.2. The van der Waals surface area contributed by atoms with E-state index in [9.17, 15) is 14.7 Å². The molecular weight excluding hydrogens is 418 g/mol. The molecule has 0 aliphatic carbocycles. The molecular formula is C24H22ClNO3S. The van der Waals surface area contributed by atoms with Gasteiger partial charge in [0.15, 0.2) is 0 Å². The minimum Gasteiger partial charge on any atom is -0.480 e. The average Bonchev–Trinajstić information content (AvgIpc) is 2.77. The summed E-state index contributed by atoms with van der Waals surface area (Å²) in [4.78, 5) is 24.1. The monoisotopic (exact) mass is 439 g/mol. The molecule has 0 aliphatic heterocycles. The number of carbonyl (C=O) groups excluding carboxylic acids is 1. The fraction of sp³-hybridized carbons (Fsp3) is 0.167. The first kappa shape index (κ1) is 21.9. The minimum absolute atomic E-state index is 0.365. The maximum Gasteiger partial charge on any atom is 0.326 e. The number of thioether (sulfide) groups is 1. The van der Waals surface area contributed by atoms with Crippen molar-refractivity contribution < 1.29 is 14.7 Å². The first-order valence-electron chi connectivity index (χ1n) is 9.47. The summed E-state index contributed by atoms with van der Waals surface area (Å²) in [5, 5.41) is 12.5. The molecule has 1 amide bonds. The molecule has 0 fully saturated rings. The van der Waals surface area contributed by atoms with Gasteiger partial charge in [-0.2, -0.15) is 11.8 Å². The van der Waals surface area contributed by atoms with Gasteiger partial charge in [0, 0.05) is 16.1 Å². The van der Waals surface area contributed by atoms with Crippen molar-refractivity contribution in [3.63, 3.8) is 0 Å². The average molecular weight is 440 g/mol. The van der Waals surface area contributed by atoms with E-state index in [1.807, 2.05) is 60.9 Å². The van der Waals surface area contributed by atoms with E-state index >= 15 is 0 Å². The molecule has 0 bridgehead atoms. The van der Waals surface area contributed by atoms with E-state index < -0.39 is 17.9 Å². The highest BCUT2D eigenvalue weighted by molar-refractivity contribution is 7.98. The highest BCUT2D eigenvalue weighted by atomic mass is 35.5. The van der Waals surface area contributed by atoms with Crippen LogP contribution in [0.4, 0.5) is 0 Å². The van der Waals surface area contributed by atoms with Crippen LogP contribution in [0, 0.1) is 0 Å². The van der Waals surface area contributed by atoms with Crippen molar-refractivity contribution in [2.24, 2.45) is 0 Å². The zero-order valence-electron chi connectivity index (χ0n) is 16.5. The molecule has 4 nitrogen and oxygen atoms in total. The molecule has 0 aliphatic rings. The summed E-state index contributed by atoms with van der Waals surface area (Å²) in [6.07, 6.45) is 2.26. The second-order valence-electron chi connectivity index (χ2n) is 6.78. The van der Waals surface area contributed by atoms with Crippen molar-refractivity contribution >= 4 is 35.2 Å². The molecule has 0 radical (unpaired) electrons. The largest absolute Gasteiger partial charge is 0.480 e. The number of carboxylic acid groups (broad SMARTS) is 1. The summed E-state index contributed by atoms with van der Waals surface area (Å²) >= 11 is 7.93. The summed E-state index contributed by atoms with van der Waals surface area (Å²) in [5.74, 6) is -0.818. The van der Waals surface area contributed by atoms with E-state index in [1.54, 1.807) is 18.2 Å². The van der Waals surface area contributed by atoms with Crippen LogP contribution in [0.1, 0.15) is 16.8 Å². The van der Waals surface area contributed by atoms with Crippen LogP contribution in [0.3, 0.4) is 0 Å². The summed E-state index contributed by atoms with van der Waals surface area (Å²) in [5.41, 5.74) is 4.18. The number of nitrogens with one attached hydrogen (secondary N) is 1. The van der Waals surface area contributed by atoms with Gasteiger partial charge in [0.25, 0.3) is 5.91 Å². The summed E-state index contributed by atoms with van der Waals surface area (Å²) in [6, 6.07) is 22.0. The van der Waals surface area contributed by atoms with Gasteiger partial charge in [0.2, 0.25) is 0 Å². The van der Waals surface area contributed by atoms with Gasteiger partial charge < -0.3 is 10.4 Å². The number of hydrogen-bond acceptors (Lipinski definition) is 3. The molecule has 3 aromatic carbocycles. The van der Waals surface area contributed by atoms with Gasteiger partial charge in [-0.05, 0) is 53.3 Å². The number of hydrogen-bond donors (Lipinski definition) is 2. The molecule has 0 saturated heterocycles. The van der Waals surface area contributed by atoms with Crippen LogP contribution in [-0.2, 0) is 4.79 Å². The van der Waals surface area contributed by atoms with Crippen molar-refractivity contribution in [1.82, 2.24) is 5.32 Å². The summed E-state index contributed by atoms with van der Waals surface area (Å²) < 4.78 is 0. The fourth-order valence-corrected chi connectivity index (χ4v) is 3.79. The molecule has 0 saturated carbocycles. The third kappa shape index (κ3) is 5.43. The molecule has 6 heteroatoms. The van der Waals surface area contributed by atoms with Gasteiger partial charge >= 0.3 is 5.97 Å². The lowest BCUT2D eigenvalue weighted by atomic mass is 9.99.